The zero-order valence-electron chi connectivity index (χ0n) is 9.46. The van der Waals surface area contributed by atoms with Crippen LogP contribution in [0, 0.1) is 11.6 Å². The smallest absolute Gasteiger partial charge is 0.138 e. The zero-order valence-corrected chi connectivity index (χ0v) is 9.46. The van der Waals surface area contributed by atoms with E-state index in [9.17, 15) is 13.9 Å². The highest BCUT2D eigenvalue weighted by atomic mass is 19.1. The molecule has 0 unspecified atom stereocenters. The van der Waals surface area contributed by atoms with E-state index < -0.39 is 17.2 Å². The second-order valence-electron chi connectivity index (χ2n) is 4.33. The van der Waals surface area contributed by atoms with Crippen LogP contribution >= 0.6 is 0 Å². The van der Waals surface area contributed by atoms with Gasteiger partial charge in [0.05, 0.1) is 11.9 Å². The van der Waals surface area contributed by atoms with Crippen LogP contribution in [0.15, 0.2) is 24.4 Å². The predicted molar refractivity (Wildman–Crippen MR) is 59.2 cm³/mol. The molecular formula is C12H12F2N2O. The number of rotatable bonds is 2. The second-order valence-corrected chi connectivity index (χ2v) is 4.33. The molecule has 0 amide bonds. The first kappa shape index (κ1) is 11.7. The van der Waals surface area contributed by atoms with Gasteiger partial charge in [-0.1, -0.05) is 0 Å². The molecule has 0 aliphatic carbocycles. The highest BCUT2D eigenvalue weighted by molar-refractivity contribution is 5.59. The molecule has 2 aromatic rings. The molecule has 0 bridgehead atoms. The van der Waals surface area contributed by atoms with Crippen LogP contribution in [0.1, 0.15) is 19.7 Å². The summed E-state index contributed by atoms with van der Waals surface area (Å²) in [6, 6.07) is 3.18. The summed E-state index contributed by atoms with van der Waals surface area (Å²) in [6.07, 6.45) is 1.37. The van der Waals surface area contributed by atoms with Gasteiger partial charge in [0.2, 0.25) is 0 Å². The number of aromatic nitrogens is 2. The number of hydrogen-bond donors (Lipinski definition) is 2. The number of halogens is 2. The summed E-state index contributed by atoms with van der Waals surface area (Å²) in [5.74, 6) is -0.769. The fourth-order valence-corrected chi connectivity index (χ4v) is 1.47. The molecule has 1 aromatic carbocycles. The van der Waals surface area contributed by atoms with Crippen molar-refractivity contribution in [3.63, 3.8) is 0 Å². The molecule has 1 heterocycles. The first-order chi connectivity index (χ1) is 7.88. The van der Waals surface area contributed by atoms with Crippen LogP contribution in [0.2, 0.25) is 0 Å². The highest BCUT2D eigenvalue weighted by Crippen LogP contribution is 2.24. The molecule has 1 aromatic heterocycles. The summed E-state index contributed by atoms with van der Waals surface area (Å²) in [6.45, 7) is 3.11. The van der Waals surface area contributed by atoms with Crippen molar-refractivity contribution in [1.82, 2.24) is 9.97 Å². The number of imidazole rings is 1. The minimum Gasteiger partial charge on any atom is -0.383 e. The van der Waals surface area contributed by atoms with E-state index in [0.29, 0.717) is 11.5 Å². The van der Waals surface area contributed by atoms with Crippen molar-refractivity contribution in [1.29, 1.82) is 0 Å². The van der Waals surface area contributed by atoms with Gasteiger partial charge in [-0.25, -0.2) is 13.8 Å². The standard InChI is InChI=1S/C12H12F2N2O/c1-12(2,17)11-15-6-10(16-11)8-5-7(13)3-4-9(8)14/h3-6,17H,1-2H3,(H,15,16). The van der Waals surface area contributed by atoms with Crippen molar-refractivity contribution in [2.75, 3.05) is 0 Å². The van der Waals surface area contributed by atoms with Crippen molar-refractivity contribution >= 4 is 0 Å². The first-order valence-corrected chi connectivity index (χ1v) is 5.11. The van der Waals surface area contributed by atoms with Crippen molar-refractivity contribution in [2.24, 2.45) is 0 Å². The average Bonchev–Trinajstić information content (AvgIpc) is 2.70. The normalized spacial score (nSPS) is 11.8. The number of hydrogen-bond acceptors (Lipinski definition) is 2. The Balaban J connectivity index is 2.47. The van der Waals surface area contributed by atoms with Gasteiger partial charge in [0.1, 0.15) is 23.1 Å². The van der Waals surface area contributed by atoms with Gasteiger partial charge in [0.25, 0.3) is 0 Å². The highest BCUT2D eigenvalue weighted by Gasteiger charge is 2.20. The third-order valence-electron chi connectivity index (χ3n) is 2.37. The molecule has 0 spiro atoms. The maximum atomic E-state index is 13.5. The zero-order chi connectivity index (χ0) is 12.6. The Bertz CT molecular complexity index is 544. The maximum Gasteiger partial charge on any atom is 0.138 e. The number of aliphatic hydroxyl groups is 1. The SMILES string of the molecule is CC(C)(O)c1ncc(-c2cc(F)ccc2F)[nH]1. The average molecular weight is 238 g/mol. The van der Waals surface area contributed by atoms with Crippen LogP contribution in [0.3, 0.4) is 0 Å². The van der Waals surface area contributed by atoms with Crippen molar-refractivity contribution in [3.05, 3.63) is 41.9 Å². The molecule has 0 atom stereocenters. The second kappa shape index (κ2) is 3.92. The molecule has 0 aliphatic rings. The van der Waals surface area contributed by atoms with E-state index in [1.807, 2.05) is 0 Å². The van der Waals surface area contributed by atoms with E-state index in [1.54, 1.807) is 13.8 Å². The lowest BCUT2D eigenvalue weighted by Crippen LogP contribution is -2.17. The molecule has 17 heavy (non-hydrogen) atoms. The van der Waals surface area contributed by atoms with Crippen LogP contribution in [-0.4, -0.2) is 15.1 Å². The molecule has 0 saturated heterocycles. The predicted octanol–water partition coefficient (Wildman–Crippen LogP) is 2.58. The van der Waals surface area contributed by atoms with Crippen LogP contribution in [0.4, 0.5) is 8.78 Å². The van der Waals surface area contributed by atoms with E-state index in [4.69, 9.17) is 0 Å². The quantitative estimate of drug-likeness (QED) is 0.844. The maximum absolute atomic E-state index is 13.5. The fraction of sp³-hybridized carbons (Fsp3) is 0.250. The third kappa shape index (κ3) is 2.34. The summed E-state index contributed by atoms with van der Waals surface area (Å²) in [5.41, 5.74) is -0.727. The third-order valence-corrected chi connectivity index (χ3v) is 2.37. The van der Waals surface area contributed by atoms with Crippen molar-refractivity contribution in [3.8, 4) is 11.3 Å². The molecular weight excluding hydrogens is 226 g/mol. The molecule has 0 fully saturated rings. The summed E-state index contributed by atoms with van der Waals surface area (Å²) >= 11 is 0. The lowest BCUT2D eigenvalue weighted by molar-refractivity contribution is 0.0697. The largest absolute Gasteiger partial charge is 0.383 e. The van der Waals surface area contributed by atoms with Gasteiger partial charge in [-0.2, -0.15) is 0 Å². The minimum absolute atomic E-state index is 0.0907. The van der Waals surface area contributed by atoms with E-state index in [0.717, 1.165) is 18.2 Å². The molecule has 5 heteroatoms. The van der Waals surface area contributed by atoms with E-state index in [-0.39, 0.29) is 5.56 Å². The first-order valence-electron chi connectivity index (χ1n) is 5.11. The van der Waals surface area contributed by atoms with Crippen LogP contribution in [-0.2, 0) is 5.60 Å². The van der Waals surface area contributed by atoms with Gasteiger partial charge in [0, 0.05) is 5.56 Å². The Hall–Kier alpha value is -1.75. The molecule has 90 valence electrons. The monoisotopic (exact) mass is 238 g/mol. The number of nitrogens with one attached hydrogen (secondary N) is 1. The van der Waals surface area contributed by atoms with Crippen molar-refractivity contribution in [2.45, 2.75) is 19.4 Å². The summed E-state index contributed by atoms with van der Waals surface area (Å²) < 4.78 is 26.5. The van der Waals surface area contributed by atoms with Gasteiger partial charge >= 0.3 is 0 Å². The molecule has 2 N–H and O–H groups in total. The van der Waals surface area contributed by atoms with Gasteiger partial charge < -0.3 is 10.1 Å². The Morgan fingerprint density at radius 3 is 2.59 bits per heavy atom. The summed E-state index contributed by atoms with van der Waals surface area (Å²) in [4.78, 5) is 6.71. The minimum atomic E-state index is -1.15. The lowest BCUT2D eigenvalue weighted by atomic mass is 10.1. The fourth-order valence-electron chi connectivity index (χ4n) is 1.47. The number of aromatic amines is 1. The number of benzene rings is 1. The summed E-state index contributed by atoms with van der Waals surface area (Å²) in [5, 5.41) is 9.71. The lowest BCUT2D eigenvalue weighted by Gasteiger charge is -2.13. The van der Waals surface area contributed by atoms with Crippen molar-refractivity contribution < 1.29 is 13.9 Å². The molecule has 0 aliphatic heterocycles. The van der Waals surface area contributed by atoms with E-state index >= 15 is 0 Å². The number of nitrogens with zero attached hydrogens (tertiary/aromatic N) is 1. The Morgan fingerprint density at radius 1 is 1.29 bits per heavy atom. The Morgan fingerprint density at radius 2 is 2.00 bits per heavy atom. The van der Waals surface area contributed by atoms with Gasteiger partial charge in [-0.15, -0.1) is 0 Å². The Kier molecular flexibility index (Phi) is 2.71. The summed E-state index contributed by atoms with van der Waals surface area (Å²) in [7, 11) is 0. The van der Waals surface area contributed by atoms with E-state index in [2.05, 4.69) is 9.97 Å². The van der Waals surface area contributed by atoms with E-state index in [1.165, 1.54) is 6.20 Å². The Labute approximate surface area is 97.1 Å². The number of H-pyrrole nitrogens is 1. The molecule has 3 nitrogen and oxygen atoms in total. The topological polar surface area (TPSA) is 48.9 Å². The molecule has 2 rings (SSSR count). The molecule has 0 saturated carbocycles. The van der Waals surface area contributed by atoms with Gasteiger partial charge in [0.15, 0.2) is 0 Å². The molecule has 0 radical (unpaired) electrons. The van der Waals surface area contributed by atoms with Crippen LogP contribution in [0.25, 0.3) is 11.3 Å². The van der Waals surface area contributed by atoms with Crippen LogP contribution < -0.4 is 0 Å². The van der Waals surface area contributed by atoms with Gasteiger partial charge in [-0.05, 0) is 32.0 Å². The van der Waals surface area contributed by atoms with Crippen LogP contribution in [0.5, 0.6) is 0 Å². The van der Waals surface area contributed by atoms with Gasteiger partial charge in [-0.3, -0.25) is 0 Å².